The van der Waals surface area contributed by atoms with Crippen molar-refractivity contribution in [2.45, 2.75) is 38.1 Å². The fourth-order valence-corrected chi connectivity index (χ4v) is 3.71. The van der Waals surface area contributed by atoms with Gasteiger partial charge in [0.2, 0.25) is 0 Å². The van der Waals surface area contributed by atoms with Gasteiger partial charge in [0.05, 0.1) is 6.61 Å². The lowest BCUT2D eigenvalue weighted by molar-refractivity contribution is -0.162. The molecule has 1 fully saturated rings. The number of H-pyrrole nitrogens is 1. The molecule has 156 valence electrons. The maximum atomic E-state index is 12.6. The molecule has 2 heterocycles. The summed E-state index contributed by atoms with van der Waals surface area (Å²) in [5.41, 5.74) is -0.111. The molecule has 1 aliphatic heterocycles. The Labute approximate surface area is 168 Å². The van der Waals surface area contributed by atoms with Crippen molar-refractivity contribution in [3.63, 3.8) is 0 Å². The standard InChI is InChI=1S/C20H26N4O5/c1-5-29-16(25)15(10-12-11-21-14-9-7-6-8-13(12)14)22-17-20(2,28)18(26)24(4)19(27)23(17)3/h6-9,11,15,17,21-22,28H,5,10H2,1-4H3/t15-,17-,20+/m0/s1. The highest BCUT2D eigenvalue weighted by Gasteiger charge is 2.52. The van der Waals surface area contributed by atoms with Crippen molar-refractivity contribution < 1.29 is 24.2 Å². The number of imide groups is 1. The molecule has 1 aromatic heterocycles. The van der Waals surface area contributed by atoms with E-state index in [2.05, 4.69) is 10.3 Å². The third kappa shape index (κ3) is 3.70. The Morgan fingerprint density at radius 1 is 1.34 bits per heavy atom. The number of nitrogens with one attached hydrogen (secondary N) is 2. The van der Waals surface area contributed by atoms with Crippen molar-refractivity contribution in [2.24, 2.45) is 0 Å². The Hall–Kier alpha value is -2.91. The minimum absolute atomic E-state index is 0.183. The van der Waals surface area contributed by atoms with E-state index >= 15 is 0 Å². The summed E-state index contributed by atoms with van der Waals surface area (Å²) in [6.07, 6.45) is 0.964. The Morgan fingerprint density at radius 3 is 2.72 bits per heavy atom. The minimum atomic E-state index is -1.91. The zero-order valence-corrected chi connectivity index (χ0v) is 16.9. The SMILES string of the molecule is CCOC(=O)[C@H](Cc1c[nH]c2ccccc12)N[C@H]1N(C)C(=O)N(C)C(=O)[C@]1(C)O. The fourth-order valence-electron chi connectivity index (χ4n) is 3.71. The van der Waals surface area contributed by atoms with Crippen LogP contribution in [0.1, 0.15) is 19.4 Å². The summed E-state index contributed by atoms with van der Waals surface area (Å²) in [5, 5.41) is 14.8. The van der Waals surface area contributed by atoms with Crippen molar-refractivity contribution in [3.05, 3.63) is 36.0 Å². The van der Waals surface area contributed by atoms with Gasteiger partial charge in [0.25, 0.3) is 5.91 Å². The normalized spacial score (nSPS) is 23.6. The van der Waals surface area contributed by atoms with Gasteiger partial charge in [-0.15, -0.1) is 0 Å². The number of urea groups is 1. The summed E-state index contributed by atoms with van der Waals surface area (Å²) in [6.45, 7) is 3.20. The second-order valence-electron chi connectivity index (χ2n) is 7.34. The van der Waals surface area contributed by atoms with Crippen LogP contribution in [0.15, 0.2) is 30.5 Å². The van der Waals surface area contributed by atoms with Crippen LogP contribution in [0.25, 0.3) is 10.9 Å². The predicted molar refractivity (Wildman–Crippen MR) is 106 cm³/mol. The molecule has 1 aromatic carbocycles. The first kappa shape index (κ1) is 20.8. The molecule has 9 heteroatoms. The lowest BCUT2D eigenvalue weighted by Crippen LogP contribution is -2.73. The highest BCUT2D eigenvalue weighted by molar-refractivity contribution is 6.01. The molecule has 1 aliphatic rings. The molecule has 1 saturated heterocycles. The Bertz CT molecular complexity index is 938. The van der Waals surface area contributed by atoms with Crippen LogP contribution < -0.4 is 5.32 Å². The number of hydrogen-bond acceptors (Lipinski definition) is 6. The molecule has 0 unspecified atom stereocenters. The van der Waals surface area contributed by atoms with Gasteiger partial charge in [-0.2, -0.15) is 0 Å². The Morgan fingerprint density at radius 2 is 2.03 bits per heavy atom. The Balaban J connectivity index is 1.92. The van der Waals surface area contributed by atoms with E-state index in [1.807, 2.05) is 30.5 Å². The van der Waals surface area contributed by atoms with Crippen LogP contribution in [0.5, 0.6) is 0 Å². The topological polar surface area (TPSA) is 115 Å². The number of carbonyl (C=O) groups excluding carboxylic acids is 3. The summed E-state index contributed by atoms with van der Waals surface area (Å²) in [7, 11) is 2.77. The molecule has 2 aromatic rings. The van der Waals surface area contributed by atoms with Gasteiger partial charge in [-0.25, -0.2) is 4.79 Å². The van der Waals surface area contributed by atoms with Gasteiger partial charge in [0.15, 0.2) is 5.60 Å². The van der Waals surface area contributed by atoms with Crippen molar-refractivity contribution in [1.29, 1.82) is 0 Å². The van der Waals surface area contributed by atoms with E-state index in [1.165, 1.54) is 25.9 Å². The second-order valence-corrected chi connectivity index (χ2v) is 7.34. The lowest BCUT2D eigenvalue weighted by Gasteiger charge is -2.46. The first-order chi connectivity index (χ1) is 13.7. The van der Waals surface area contributed by atoms with E-state index in [-0.39, 0.29) is 13.0 Å². The van der Waals surface area contributed by atoms with E-state index < -0.39 is 35.7 Å². The number of aromatic amines is 1. The summed E-state index contributed by atoms with van der Waals surface area (Å²) < 4.78 is 5.19. The van der Waals surface area contributed by atoms with Crippen molar-refractivity contribution >= 4 is 28.8 Å². The van der Waals surface area contributed by atoms with Crippen LogP contribution in [0.2, 0.25) is 0 Å². The van der Waals surface area contributed by atoms with Gasteiger partial charge in [-0.1, -0.05) is 18.2 Å². The predicted octanol–water partition coefficient (Wildman–Crippen LogP) is 0.833. The van der Waals surface area contributed by atoms with Crippen LogP contribution in [0.4, 0.5) is 4.79 Å². The third-order valence-corrected chi connectivity index (χ3v) is 5.28. The Kier molecular flexibility index (Phi) is 5.63. The van der Waals surface area contributed by atoms with E-state index in [4.69, 9.17) is 4.74 Å². The quantitative estimate of drug-likeness (QED) is 0.617. The lowest BCUT2D eigenvalue weighted by atomic mass is 9.95. The molecule has 29 heavy (non-hydrogen) atoms. The average molecular weight is 402 g/mol. The number of fused-ring (bicyclic) bond motifs is 1. The molecule has 3 atom stereocenters. The monoisotopic (exact) mass is 402 g/mol. The van der Waals surface area contributed by atoms with Crippen molar-refractivity contribution in [3.8, 4) is 0 Å². The third-order valence-electron chi connectivity index (χ3n) is 5.28. The fraction of sp³-hybridized carbons (Fsp3) is 0.450. The van der Waals surface area contributed by atoms with Crippen LogP contribution in [-0.2, 0) is 20.7 Å². The molecule has 3 N–H and O–H groups in total. The molecule has 3 amide bonds. The smallest absolute Gasteiger partial charge is 0.327 e. The zero-order chi connectivity index (χ0) is 21.3. The first-order valence-corrected chi connectivity index (χ1v) is 9.43. The largest absolute Gasteiger partial charge is 0.465 e. The number of esters is 1. The number of hydrogen-bond donors (Lipinski definition) is 3. The number of para-hydroxylation sites is 1. The van der Waals surface area contributed by atoms with Gasteiger partial charge >= 0.3 is 12.0 Å². The number of aliphatic hydroxyl groups is 1. The number of carbonyl (C=O) groups is 3. The van der Waals surface area contributed by atoms with E-state index in [0.29, 0.717) is 0 Å². The number of aromatic nitrogens is 1. The van der Waals surface area contributed by atoms with Crippen molar-refractivity contribution in [2.75, 3.05) is 20.7 Å². The second kappa shape index (κ2) is 7.84. The summed E-state index contributed by atoms with van der Waals surface area (Å²) in [4.78, 5) is 42.7. The summed E-state index contributed by atoms with van der Waals surface area (Å²) >= 11 is 0. The average Bonchev–Trinajstić information content (AvgIpc) is 3.10. The van der Waals surface area contributed by atoms with E-state index in [0.717, 1.165) is 21.4 Å². The van der Waals surface area contributed by atoms with Crippen molar-refractivity contribution in [1.82, 2.24) is 20.1 Å². The number of benzene rings is 1. The minimum Gasteiger partial charge on any atom is -0.465 e. The highest BCUT2D eigenvalue weighted by atomic mass is 16.5. The molecule has 0 spiro atoms. The van der Waals surface area contributed by atoms with Gasteiger partial charge in [0.1, 0.15) is 12.2 Å². The molecule has 0 bridgehead atoms. The molecular formula is C20H26N4O5. The van der Waals surface area contributed by atoms with E-state index in [9.17, 15) is 19.5 Å². The molecular weight excluding hydrogens is 376 g/mol. The first-order valence-electron chi connectivity index (χ1n) is 9.43. The number of nitrogens with zero attached hydrogens (tertiary/aromatic N) is 2. The molecule has 0 aliphatic carbocycles. The maximum Gasteiger partial charge on any atom is 0.327 e. The number of amides is 3. The van der Waals surface area contributed by atoms with Crippen LogP contribution in [0.3, 0.4) is 0 Å². The molecule has 0 radical (unpaired) electrons. The van der Waals surface area contributed by atoms with E-state index in [1.54, 1.807) is 6.92 Å². The highest BCUT2D eigenvalue weighted by Crippen LogP contribution is 2.25. The summed E-state index contributed by atoms with van der Waals surface area (Å²) in [6, 6.07) is 6.23. The number of rotatable bonds is 6. The molecule has 3 rings (SSSR count). The van der Waals surface area contributed by atoms with Crippen LogP contribution in [-0.4, -0.2) is 76.3 Å². The zero-order valence-electron chi connectivity index (χ0n) is 16.9. The van der Waals surface area contributed by atoms with Gasteiger partial charge in [0, 0.05) is 37.6 Å². The maximum absolute atomic E-state index is 12.6. The van der Waals surface area contributed by atoms with Crippen LogP contribution in [0, 0.1) is 0 Å². The summed E-state index contributed by atoms with van der Waals surface area (Å²) in [5.74, 6) is -1.27. The number of ether oxygens (including phenoxy) is 1. The van der Waals surface area contributed by atoms with Gasteiger partial charge < -0.3 is 19.7 Å². The molecule has 0 saturated carbocycles. The molecule has 9 nitrogen and oxygen atoms in total. The number of likely N-dealkylation sites (N-methyl/N-ethyl adjacent to an activating group) is 2. The van der Waals surface area contributed by atoms with Gasteiger partial charge in [-0.3, -0.25) is 19.8 Å². The van der Waals surface area contributed by atoms with Crippen LogP contribution >= 0.6 is 0 Å². The van der Waals surface area contributed by atoms with Gasteiger partial charge in [-0.05, 0) is 25.5 Å².